The molecule has 2 rings (SSSR count). The van der Waals surface area contributed by atoms with E-state index < -0.39 is 54.5 Å². The highest BCUT2D eigenvalue weighted by atomic mass is 35.5. The molecule has 12 heteroatoms. The third-order valence-corrected chi connectivity index (χ3v) is 4.98. The third kappa shape index (κ3) is 3.88. The van der Waals surface area contributed by atoms with Crippen LogP contribution in [0.4, 0.5) is 5.82 Å². The monoisotopic (exact) mass is 409 g/mol. The molecule has 2 heterocycles. The molecule has 0 radical (unpaired) electrons. The van der Waals surface area contributed by atoms with Crippen molar-refractivity contribution in [3.8, 4) is 0 Å². The van der Waals surface area contributed by atoms with Gasteiger partial charge in [0.25, 0.3) is 5.56 Å². The van der Waals surface area contributed by atoms with Gasteiger partial charge in [-0.2, -0.15) is 0 Å². The summed E-state index contributed by atoms with van der Waals surface area (Å²) in [4.78, 5) is 28.8. The first kappa shape index (κ1) is 21.1. The largest absolute Gasteiger partial charge is 0.394 e. The Morgan fingerprint density at radius 1 is 1.35 bits per heavy atom. The van der Waals surface area contributed by atoms with Gasteiger partial charge in [-0.25, -0.2) is 4.98 Å². The van der Waals surface area contributed by atoms with Gasteiger partial charge in [-0.15, -0.1) is 11.6 Å². The predicted molar refractivity (Wildman–Crippen MR) is 93.7 cm³/mol. The molecule has 1 aliphatic heterocycles. The van der Waals surface area contributed by atoms with E-state index in [1.807, 2.05) is 0 Å². The van der Waals surface area contributed by atoms with Crippen molar-refractivity contribution in [3.63, 3.8) is 0 Å². The van der Waals surface area contributed by atoms with E-state index in [1.165, 1.54) is 11.6 Å². The van der Waals surface area contributed by atoms with E-state index in [0.717, 1.165) is 11.8 Å². The van der Waals surface area contributed by atoms with Crippen LogP contribution in [0.15, 0.2) is 9.95 Å². The average Bonchev–Trinajstić information content (AvgIpc) is 2.64. The number of nitrogens with one attached hydrogen (secondary N) is 1. The van der Waals surface area contributed by atoms with Gasteiger partial charge in [0.15, 0.2) is 17.2 Å². The maximum Gasteiger partial charge on any atom is 0.267 e. The maximum absolute atomic E-state index is 12.5. The predicted octanol–water partition coefficient (Wildman–Crippen LogP) is -1.86. The summed E-state index contributed by atoms with van der Waals surface area (Å²) in [6, 6.07) is 0. The van der Waals surface area contributed by atoms with Crippen LogP contribution < -0.4 is 10.9 Å². The number of thioether (sulfide) groups is 1. The van der Waals surface area contributed by atoms with Crippen molar-refractivity contribution in [2.75, 3.05) is 24.1 Å². The number of Topliss-reactive ketones (excluding diaryl/α,β-unsaturated/α-hetero) is 1. The molecule has 1 aliphatic rings. The quantitative estimate of drug-likeness (QED) is 0.156. The summed E-state index contributed by atoms with van der Waals surface area (Å²) in [6.45, 7) is -0.614. The molecule has 5 atom stereocenters. The van der Waals surface area contributed by atoms with Gasteiger partial charge in [-0.3, -0.25) is 14.2 Å². The second kappa shape index (κ2) is 8.65. The zero-order valence-electron chi connectivity index (χ0n) is 14.0. The lowest BCUT2D eigenvalue weighted by Crippen LogP contribution is -2.60. The van der Waals surface area contributed by atoms with Gasteiger partial charge < -0.3 is 30.5 Å². The van der Waals surface area contributed by atoms with Crippen LogP contribution in [-0.4, -0.2) is 85.1 Å². The van der Waals surface area contributed by atoms with Crippen LogP contribution in [0.25, 0.3) is 0 Å². The second-order valence-electron chi connectivity index (χ2n) is 5.64. The highest BCUT2D eigenvalue weighted by Gasteiger charge is 2.44. The highest BCUT2D eigenvalue weighted by Crippen LogP contribution is 2.24. The molecule has 0 spiro atoms. The van der Waals surface area contributed by atoms with Crippen molar-refractivity contribution in [2.24, 2.45) is 7.05 Å². The molecule has 5 N–H and O–H groups in total. The van der Waals surface area contributed by atoms with Gasteiger partial charge in [0.1, 0.15) is 35.8 Å². The molecule has 1 saturated heterocycles. The molecule has 26 heavy (non-hydrogen) atoms. The lowest BCUT2D eigenvalue weighted by molar-refractivity contribution is -0.221. The number of aromatic nitrogens is 2. The lowest BCUT2D eigenvalue weighted by Gasteiger charge is -2.40. The van der Waals surface area contributed by atoms with Crippen LogP contribution in [0.5, 0.6) is 0 Å². The summed E-state index contributed by atoms with van der Waals surface area (Å²) in [5.74, 6) is -1.31. The van der Waals surface area contributed by atoms with Gasteiger partial charge in [0.05, 0.1) is 12.5 Å². The van der Waals surface area contributed by atoms with Crippen molar-refractivity contribution in [3.05, 3.63) is 15.9 Å². The normalized spacial score (nSPS) is 28.8. The molecule has 0 aliphatic carbocycles. The number of aliphatic hydroxyl groups is 4. The Kier molecular flexibility index (Phi) is 7.02. The number of carbonyl (C=O) groups is 1. The molecule has 0 amide bonds. The van der Waals surface area contributed by atoms with Crippen molar-refractivity contribution in [1.82, 2.24) is 9.55 Å². The minimum absolute atomic E-state index is 0.174. The minimum atomic E-state index is -1.61. The Balaban J connectivity index is 2.46. The Labute approximate surface area is 157 Å². The van der Waals surface area contributed by atoms with Gasteiger partial charge in [0.2, 0.25) is 0 Å². The van der Waals surface area contributed by atoms with Crippen LogP contribution >= 0.6 is 23.4 Å². The minimum Gasteiger partial charge on any atom is -0.394 e. The number of ether oxygens (including phenoxy) is 1. The number of aliphatic hydroxyl groups excluding tert-OH is 4. The SMILES string of the molecule is CSc1nc(NC2OC(CO)C(O)C(O)C2O)c(C(=O)CCl)c(=O)n1C. The van der Waals surface area contributed by atoms with Crippen LogP contribution in [0.1, 0.15) is 10.4 Å². The number of anilines is 1. The summed E-state index contributed by atoms with van der Waals surface area (Å²) >= 11 is 6.73. The van der Waals surface area contributed by atoms with E-state index in [0.29, 0.717) is 0 Å². The Bertz CT molecular complexity index is 729. The number of halogens is 1. The number of ketones is 1. The first-order valence-electron chi connectivity index (χ1n) is 7.58. The molecule has 1 aromatic heterocycles. The van der Waals surface area contributed by atoms with Crippen LogP contribution in [0.2, 0.25) is 0 Å². The van der Waals surface area contributed by atoms with Gasteiger partial charge in [-0.1, -0.05) is 11.8 Å². The molecule has 1 aromatic rings. The van der Waals surface area contributed by atoms with Crippen LogP contribution in [-0.2, 0) is 11.8 Å². The van der Waals surface area contributed by atoms with E-state index in [-0.39, 0.29) is 16.5 Å². The van der Waals surface area contributed by atoms with Crippen molar-refractivity contribution in [1.29, 1.82) is 0 Å². The summed E-state index contributed by atoms with van der Waals surface area (Å²) in [5.41, 5.74) is -0.959. The number of nitrogens with zero attached hydrogens (tertiary/aromatic N) is 2. The van der Waals surface area contributed by atoms with E-state index in [2.05, 4.69) is 10.3 Å². The van der Waals surface area contributed by atoms with E-state index in [4.69, 9.17) is 16.3 Å². The van der Waals surface area contributed by atoms with Gasteiger partial charge in [0, 0.05) is 7.05 Å². The van der Waals surface area contributed by atoms with Gasteiger partial charge >= 0.3 is 0 Å². The molecular formula is C14H20ClN3O7S. The van der Waals surface area contributed by atoms with E-state index in [1.54, 1.807) is 6.26 Å². The Hall–Kier alpha value is -1.21. The molecule has 0 aromatic carbocycles. The third-order valence-electron chi connectivity index (χ3n) is 4.00. The number of rotatable bonds is 6. The maximum atomic E-state index is 12.5. The summed E-state index contributed by atoms with van der Waals surface area (Å²) in [6.07, 6.45) is -5.54. The lowest BCUT2D eigenvalue weighted by atomic mass is 9.98. The smallest absolute Gasteiger partial charge is 0.267 e. The standard InChI is InChI=1S/C14H20ClN3O7S/c1-18-13(24)7(5(20)3-15)11(17-14(18)26-2)16-12-10(23)9(22)8(21)6(4-19)25-12/h6,8-10,12,16,19,21-23H,3-4H2,1-2H3. The Morgan fingerprint density at radius 3 is 2.54 bits per heavy atom. The van der Waals surface area contributed by atoms with Crippen molar-refractivity contribution < 1.29 is 30.0 Å². The zero-order valence-corrected chi connectivity index (χ0v) is 15.6. The fourth-order valence-corrected chi connectivity index (χ4v) is 3.22. The number of carbonyl (C=O) groups excluding carboxylic acids is 1. The molecule has 1 fully saturated rings. The number of hydrogen-bond donors (Lipinski definition) is 5. The van der Waals surface area contributed by atoms with Gasteiger partial charge in [-0.05, 0) is 6.26 Å². The molecule has 5 unspecified atom stereocenters. The summed E-state index contributed by atoms with van der Waals surface area (Å²) in [5, 5.41) is 41.9. The molecule has 0 bridgehead atoms. The topological polar surface area (TPSA) is 154 Å². The summed E-state index contributed by atoms with van der Waals surface area (Å²) in [7, 11) is 1.45. The van der Waals surface area contributed by atoms with Crippen LogP contribution in [0.3, 0.4) is 0 Å². The van der Waals surface area contributed by atoms with Crippen molar-refractivity contribution >= 4 is 35.0 Å². The van der Waals surface area contributed by atoms with Crippen LogP contribution in [0, 0.1) is 0 Å². The highest BCUT2D eigenvalue weighted by molar-refractivity contribution is 7.98. The fraction of sp³-hybridized carbons (Fsp3) is 0.643. The first-order valence-corrected chi connectivity index (χ1v) is 9.33. The molecular weight excluding hydrogens is 390 g/mol. The number of alkyl halides is 1. The fourth-order valence-electron chi connectivity index (χ4n) is 2.54. The molecule has 146 valence electrons. The number of hydrogen-bond acceptors (Lipinski definition) is 10. The first-order chi connectivity index (χ1) is 12.3. The van der Waals surface area contributed by atoms with Crippen molar-refractivity contribution in [2.45, 2.75) is 35.8 Å². The molecule has 10 nitrogen and oxygen atoms in total. The zero-order chi connectivity index (χ0) is 19.6. The Morgan fingerprint density at radius 2 is 2.00 bits per heavy atom. The second-order valence-corrected chi connectivity index (χ2v) is 6.68. The average molecular weight is 410 g/mol. The summed E-state index contributed by atoms with van der Waals surface area (Å²) < 4.78 is 6.51. The van der Waals surface area contributed by atoms with E-state index >= 15 is 0 Å². The van der Waals surface area contributed by atoms with E-state index in [9.17, 15) is 30.0 Å². The molecule has 0 saturated carbocycles.